The number of thiophene rings is 12. The third kappa shape index (κ3) is 19.2. The zero-order valence-corrected chi connectivity index (χ0v) is 77.2. The highest BCUT2D eigenvalue weighted by Gasteiger charge is 2.27. The van der Waals surface area contributed by atoms with E-state index < -0.39 is 0 Å². The maximum Gasteiger partial charge on any atom is 0.0449 e. The molecule has 0 radical (unpaired) electrons. The molecule has 12 aromatic heterocycles. The topological polar surface area (TPSA) is 0 Å². The van der Waals surface area contributed by atoms with Gasteiger partial charge in [-0.1, -0.05) is 169 Å². The van der Waals surface area contributed by atoms with Gasteiger partial charge in [-0.3, -0.25) is 0 Å². The van der Waals surface area contributed by atoms with Crippen LogP contribution in [0.2, 0.25) is 0 Å². The van der Waals surface area contributed by atoms with Gasteiger partial charge in [0.1, 0.15) is 0 Å². The fraction of sp³-hybridized carbons (Fsp3) is 0.353. The average molecular weight is 1720 g/mol. The number of unbranched alkanes of at least 4 members (excludes halogenated alkanes) is 18. The first-order valence-corrected chi connectivity index (χ1v) is 52.7. The van der Waals surface area contributed by atoms with Gasteiger partial charge < -0.3 is 0 Å². The maximum atomic E-state index is 2.70. The minimum absolute atomic E-state index is 1.15. The van der Waals surface area contributed by atoms with Gasteiger partial charge in [0.2, 0.25) is 0 Å². The second kappa shape index (κ2) is 39.7. The lowest BCUT2D eigenvalue weighted by Gasteiger charge is -2.20. The van der Waals surface area contributed by atoms with Crippen molar-refractivity contribution in [2.75, 3.05) is 0 Å². The van der Waals surface area contributed by atoms with Crippen molar-refractivity contribution in [3.05, 3.63) is 211 Å². The molecule has 4 aromatic carbocycles. The van der Waals surface area contributed by atoms with Gasteiger partial charge in [-0.05, 0) is 279 Å². The van der Waals surface area contributed by atoms with E-state index in [4.69, 9.17) is 0 Å². The van der Waals surface area contributed by atoms with Crippen LogP contribution in [0.15, 0.2) is 182 Å². The van der Waals surface area contributed by atoms with Gasteiger partial charge in [0.15, 0.2) is 0 Å². The zero-order chi connectivity index (χ0) is 77.7. The third-order valence-corrected chi connectivity index (χ3v) is 37.4. The largest absolute Gasteiger partial charge is 0.139 e. The van der Waals surface area contributed by atoms with Crippen LogP contribution in [-0.4, -0.2) is 0 Å². The van der Waals surface area contributed by atoms with E-state index in [0.29, 0.717) is 0 Å². The number of benzene rings is 4. The quantitative estimate of drug-likeness (QED) is 0.0264. The Bertz CT molecular complexity index is 5550. The first-order valence-electron chi connectivity index (χ1n) is 42.9. The van der Waals surface area contributed by atoms with Crippen LogP contribution in [-0.2, 0) is 38.5 Å². The molecule has 16 aromatic rings. The van der Waals surface area contributed by atoms with Gasteiger partial charge >= 0.3 is 0 Å². The average Bonchev–Trinajstić information content (AvgIpc) is 1.18. The summed E-state index contributed by atoms with van der Waals surface area (Å²) in [5.74, 6) is 0. The Morgan fingerprint density at radius 2 is 0.360 bits per heavy atom. The highest BCUT2D eigenvalue weighted by molar-refractivity contribution is 7.27. The molecule has 0 N–H and O–H groups in total. The molecule has 0 nitrogen and oxygen atoms in total. The molecule has 0 aliphatic heterocycles. The predicted octanol–water partition coefficient (Wildman–Crippen LogP) is 38.6. The first-order chi connectivity index (χ1) is 56.2. The smallest absolute Gasteiger partial charge is 0.0449 e. The van der Waals surface area contributed by atoms with Crippen molar-refractivity contribution in [1.82, 2.24) is 0 Å². The molecular formula is C102H108S12. The molecule has 0 spiro atoms. The van der Waals surface area contributed by atoms with Crippen molar-refractivity contribution in [2.45, 2.75) is 234 Å². The Morgan fingerprint density at radius 1 is 0.158 bits per heavy atom. The van der Waals surface area contributed by atoms with Gasteiger partial charge in [0.25, 0.3) is 0 Å². The minimum atomic E-state index is 1.15. The van der Waals surface area contributed by atoms with Gasteiger partial charge in [-0.15, -0.1) is 136 Å². The molecule has 0 fully saturated rings. The summed E-state index contributed by atoms with van der Waals surface area (Å²) < 4.78 is 0. The van der Waals surface area contributed by atoms with E-state index in [1.165, 1.54) is 337 Å². The Kier molecular flexibility index (Phi) is 28.5. The zero-order valence-electron chi connectivity index (χ0n) is 67.4. The van der Waals surface area contributed by atoms with Crippen LogP contribution in [0.3, 0.4) is 0 Å². The fourth-order valence-corrected chi connectivity index (χ4v) is 29.5. The summed E-state index contributed by atoms with van der Waals surface area (Å²) in [4.78, 5) is 33.3. The summed E-state index contributed by atoms with van der Waals surface area (Å²) in [6, 6.07) is 74.3. The Labute approximate surface area is 727 Å². The summed E-state index contributed by atoms with van der Waals surface area (Å²) >= 11 is 24.0. The Hall–Kier alpha value is -5.94. The molecule has 588 valence electrons. The van der Waals surface area contributed by atoms with Crippen LogP contribution in [0.4, 0.5) is 0 Å². The lowest BCUT2D eigenvalue weighted by Crippen LogP contribution is -1.93. The number of rotatable bonds is 42. The maximum absolute atomic E-state index is 2.70. The minimum Gasteiger partial charge on any atom is -0.139 e. The molecule has 0 saturated heterocycles. The molecule has 0 saturated carbocycles. The summed E-state index contributed by atoms with van der Waals surface area (Å²) in [5, 5.41) is 7.90. The third-order valence-electron chi connectivity index (χ3n) is 22.7. The van der Waals surface area contributed by atoms with Crippen LogP contribution in [0.5, 0.6) is 0 Å². The van der Waals surface area contributed by atoms with Gasteiger partial charge in [-0.2, -0.15) is 0 Å². The van der Waals surface area contributed by atoms with Crippen molar-refractivity contribution in [3.8, 4) is 121 Å². The standard InChI is InChI=1S/C102H108S12/c1-7-13-19-25-31-67-37-45-88(103-67)94-56-51-83(109-94)74-44-43-73-75-63-78(84-52-57-95(110-84)89-46-38-68(104-89)32-26-20-14-8-2)79(85-53-58-96(111-85)90-47-39-69(105-90)33-27-21-15-9-3)64-76(75)77-65-80(86-54-59-97(112-86)91-48-40-70(106-91)34-28-22-16-10-4)81(87-55-60-98(113-87)92-49-41-71(107-92)35-29-23-17-11-5)66-82(77)101(73)102(74)100-62-61-99(114-100)93-50-42-72(108-93)36-30-24-18-12-6/h37-66H,7-36H2,1-6H3. The van der Waals surface area contributed by atoms with E-state index in [1.54, 1.807) is 0 Å². The lowest BCUT2D eigenvalue weighted by molar-refractivity contribution is 0.670. The highest BCUT2D eigenvalue weighted by Crippen LogP contribution is 2.56. The van der Waals surface area contributed by atoms with Crippen molar-refractivity contribution in [2.24, 2.45) is 0 Å². The Balaban J connectivity index is 0.948. The Morgan fingerprint density at radius 3 is 0.632 bits per heavy atom. The van der Waals surface area contributed by atoms with E-state index in [0.717, 1.165) is 38.5 Å². The second-order valence-electron chi connectivity index (χ2n) is 31.2. The van der Waals surface area contributed by atoms with Crippen LogP contribution < -0.4 is 0 Å². The molecular weight excluding hydrogens is 1610 g/mol. The van der Waals surface area contributed by atoms with Crippen LogP contribution in [0, 0.1) is 0 Å². The molecule has 0 aliphatic carbocycles. The molecule has 114 heavy (non-hydrogen) atoms. The molecule has 16 rings (SSSR count). The van der Waals surface area contributed by atoms with E-state index in [2.05, 4.69) is 224 Å². The lowest BCUT2D eigenvalue weighted by atomic mass is 9.85. The van der Waals surface area contributed by atoms with Crippen LogP contribution in [0.25, 0.3) is 153 Å². The molecule has 12 heteroatoms. The normalized spacial score (nSPS) is 11.9. The molecule has 0 amide bonds. The van der Waals surface area contributed by atoms with Gasteiger partial charge in [0, 0.05) is 150 Å². The van der Waals surface area contributed by atoms with Crippen molar-refractivity contribution in [1.29, 1.82) is 0 Å². The number of fused-ring (bicyclic) bond motifs is 6. The van der Waals surface area contributed by atoms with Gasteiger partial charge in [0.05, 0.1) is 0 Å². The number of hydrogen-bond donors (Lipinski definition) is 0. The van der Waals surface area contributed by atoms with E-state index in [-0.39, 0.29) is 0 Å². The summed E-state index contributed by atoms with van der Waals surface area (Å²) in [6.07, 6.45) is 37.7. The summed E-state index contributed by atoms with van der Waals surface area (Å²) in [5.41, 5.74) is 7.90. The molecule has 0 bridgehead atoms. The monoisotopic (exact) mass is 1720 g/mol. The van der Waals surface area contributed by atoms with Crippen molar-refractivity contribution in [3.63, 3.8) is 0 Å². The molecule has 0 atom stereocenters. The first kappa shape index (κ1) is 81.8. The molecule has 0 unspecified atom stereocenters. The van der Waals surface area contributed by atoms with E-state index in [1.807, 2.05) is 136 Å². The fourth-order valence-electron chi connectivity index (χ4n) is 16.4. The SMILES string of the molecule is CCCCCCc1ccc(-c2ccc(-c3cc4c(cc3-c3ccc(-c5ccc(CCCCCC)s5)s3)c3ccc(-c5ccc(-c6ccc(CCCCCC)s6)s5)c(-c5ccc(-c6ccc(CCCCCC)s6)s5)c3c3cc(-c5ccc(-c6ccc(CCCCCC)s6)s5)c(-c5ccc(-c6ccc(CCCCCC)s6)s5)cc43)s2)s1. The molecule has 0 aliphatic rings. The van der Waals surface area contributed by atoms with Crippen molar-refractivity contribution < 1.29 is 0 Å². The van der Waals surface area contributed by atoms with Crippen molar-refractivity contribution >= 4 is 168 Å². The van der Waals surface area contributed by atoms with Crippen LogP contribution in [0.1, 0.15) is 225 Å². The van der Waals surface area contributed by atoms with E-state index in [9.17, 15) is 0 Å². The van der Waals surface area contributed by atoms with Crippen LogP contribution >= 0.6 is 136 Å². The van der Waals surface area contributed by atoms with Gasteiger partial charge in [-0.25, -0.2) is 0 Å². The number of hydrogen-bond acceptors (Lipinski definition) is 12. The number of aryl methyl sites for hydroxylation is 6. The summed E-state index contributed by atoms with van der Waals surface area (Å²) in [6.45, 7) is 13.9. The second-order valence-corrected chi connectivity index (χ2v) is 44.8. The molecule has 12 heterocycles. The van der Waals surface area contributed by atoms with E-state index >= 15 is 0 Å². The highest BCUT2D eigenvalue weighted by atomic mass is 32.1. The predicted molar refractivity (Wildman–Crippen MR) is 526 cm³/mol. The summed E-state index contributed by atoms with van der Waals surface area (Å²) in [7, 11) is 0.